The zero-order valence-corrected chi connectivity index (χ0v) is 9.61. The van der Waals surface area contributed by atoms with Crippen LogP contribution in [0, 0.1) is 5.41 Å². The summed E-state index contributed by atoms with van der Waals surface area (Å²) in [5.41, 5.74) is 0.311. The summed E-state index contributed by atoms with van der Waals surface area (Å²) in [6.45, 7) is 1.61. The van der Waals surface area contributed by atoms with E-state index in [9.17, 15) is 0 Å². The van der Waals surface area contributed by atoms with Gasteiger partial charge in [-0.1, -0.05) is 24.3 Å². The Bertz CT molecular complexity index is 536. The van der Waals surface area contributed by atoms with Crippen LogP contribution in [0.25, 0.3) is 10.8 Å². The number of fused-ring (bicyclic) bond motifs is 2. The highest BCUT2D eigenvalue weighted by Crippen LogP contribution is 2.49. The van der Waals surface area contributed by atoms with Crippen LogP contribution in [0.4, 0.5) is 0 Å². The van der Waals surface area contributed by atoms with Gasteiger partial charge in [-0.15, -0.1) is 0 Å². The smallest absolute Gasteiger partial charge is 0.161 e. The van der Waals surface area contributed by atoms with E-state index in [2.05, 4.69) is 36.4 Å². The number of hydrogen-bond acceptors (Lipinski definition) is 2. The van der Waals surface area contributed by atoms with E-state index in [1.54, 1.807) is 0 Å². The highest BCUT2D eigenvalue weighted by molar-refractivity contribution is 5.86. The largest absolute Gasteiger partial charge is 0.489 e. The maximum Gasteiger partial charge on any atom is 0.161 e. The van der Waals surface area contributed by atoms with E-state index in [-0.39, 0.29) is 0 Å². The van der Waals surface area contributed by atoms with Gasteiger partial charge in [-0.25, -0.2) is 0 Å². The average Bonchev–Trinajstić information content (AvgIpc) is 3.16. The van der Waals surface area contributed by atoms with Crippen LogP contribution in [0.5, 0.6) is 11.5 Å². The minimum atomic E-state index is 0.311. The Labute approximate surface area is 100 Å². The topological polar surface area (TPSA) is 18.5 Å². The predicted octanol–water partition coefficient (Wildman–Crippen LogP) is 3.39. The van der Waals surface area contributed by atoms with Crippen molar-refractivity contribution in [1.29, 1.82) is 0 Å². The first-order valence-corrected chi connectivity index (χ1v) is 6.13. The van der Waals surface area contributed by atoms with E-state index >= 15 is 0 Å². The van der Waals surface area contributed by atoms with Crippen LogP contribution in [0.2, 0.25) is 0 Å². The fraction of sp³-hybridized carbons (Fsp3) is 0.333. The summed E-state index contributed by atoms with van der Waals surface area (Å²) in [5.74, 6) is 1.79. The highest BCUT2D eigenvalue weighted by atomic mass is 16.5. The van der Waals surface area contributed by atoms with Gasteiger partial charge in [0, 0.05) is 5.41 Å². The van der Waals surface area contributed by atoms with E-state index in [4.69, 9.17) is 9.47 Å². The zero-order valence-electron chi connectivity index (χ0n) is 9.61. The molecular weight excluding hydrogens is 212 g/mol. The second kappa shape index (κ2) is 3.16. The molecule has 0 amide bonds. The van der Waals surface area contributed by atoms with Gasteiger partial charge in [-0.2, -0.15) is 0 Å². The van der Waals surface area contributed by atoms with Crippen molar-refractivity contribution in [2.24, 2.45) is 5.41 Å². The minimum absolute atomic E-state index is 0.311. The van der Waals surface area contributed by atoms with Crippen molar-refractivity contribution in [2.45, 2.75) is 12.8 Å². The van der Waals surface area contributed by atoms with Gasteiger partial charge in [-0.3, -0.25) is 0 Å². The Morgan fingerprint density at radius 2 is 1.35 bits per heavy atom. The van der Waals surface area contributed by atoms with Crippen LogP contribution in [0.15, 0.2) is 36.4 Å². The summed E-state index contributed by atoms with van der Waals surface area (Å²) in [5, 5.41) is 2.42. The molecule has 0 aromatic heterocycles. The van der Waals surface area contributed by atoms with Gasteiger partial charge in [0.1, 0.15) is 0 Å². The van der Waals surface area contributed by atoms with E-state index in [0.29, 0.717) is 5.41 Å². The summed E-state index contributed by atoms with van der Waals surface area (Å²) in [4.78, 5) is 0. The Hall–Kier alpha value is -1.70. The van der Waals surface area contributed by atoms with Crippen molar-refractivity contribution in [3.05, 3.63) is 36.4 Å². The molecule has 0 atom stereocenters. The lowest BCUT2D eigenvalue weighted by molar-refractivity contribution is 0.197. The molecule has 1 aliphatic heterocycles. The molecule has 1 fully saturated rings. The van der Waals surface area contributed by atoms with Crippen molar-refractivity contribution in [3.8, 4) is 11.5 Å². The normalized spacial score (nSPS) is 20.2. The summed E-state index contributed by atoms with van der Waals surface area (Å²) < 4.78 is 11.8. The fourth-order valence-corrected chi connectivity index (χ4v) is 2.39. The van der Waals surface area contributed by atoms with Crippen LogP contribution in [0.1, 0.15) is 12.8 Å². The van der Waals surface area contributed by atoms with Gasteiger partial charge < -0.3 is 9.47 Å². The van der Waals surface area contributed by atoms with Gasteiger partial charge in [0.2, 0.25) is 0 Å². The molecule has 0 radical (unpaired) electrons. The number of ether oxygens (including phenoxy) is 2. The first-order chi connectivity index (χ1) is 8.35. The van der Waals surface area contributed by atoms with E-state index in [1.165, 1.54) is 23.6 Å². The molecule has 4 rings (SSSR count). The summed E-state index contributed by atoms with van der Waals surface area (Å²) in [6.07, 6.45) is 2.47. The molecule has 1 spiro atoms. The molecular formula is C15H14O2. The maximum atomic E-state index is 5.91. The maximum absolute atomic E-state index is 5.91. The molecule has 0 bridgehead atoms. The Morgan fingerprint density at radius 1 is 0.824 bits per heavy atom. The second-order valence-electron chi connectivity index (χ2n) is 5.22. The number of rotatable bonds is 0. The van der Waals surface area contributed by atoms with Crippen LogP contribution >= 0.6 is 0 Å². The average molecular weight is 226 g/mol. The van der Waals surface area contributed by atoms with Gasteiger partial charge in [0.15, 0.2) is 11.5 Å². The first-order valence-electron chi connectivity index (χ1n) is 6.13. The molecule has 1 aliphatic carbocycles. The van der Waals surface area contributed by atoms with Crippen LogP contribution in [-0.4, -0.2) is 13.2 Å². The van der Waals surface area contributed by atoms with Crippen molar-refractivity contribution in [2.75, 3.05) is 13.2 Å². The van der Waals surface area contributed by atoms with Crippen molar-refractivity contribution in [3.63, 3.8) is 0 Å². The molecule has 2 aromatic carbocycles. The molecule has 1 saturated carbocycles. The summed E-state index contributed by atoms with van der Waals surface area (Å²) in [6, 6.07) is 12.5. The number of hydrogen-bond donors (Lipinski definition) is 0. The molecule has 0 unspecified atom stereocenters. The van der Waals surface area contributed by atoms with Crippen molar-refractivity contribution < 1.29 is 9.47 Å². The van der Waals surface area contributed by atoms with E-state index in [1.807, 2.05) is 0 Å². The molecule has 2 heteroatoms. The molecule has 2 nitrogen and oxygen atoms in total. The molecule has 17 heavy (non-hydrogen) atoms. The SMILES string of the molecule is c1ccc2cc3c(cc2c1)OCC1(CC1)CO3. The third-order valence-electron chi connectivity index (χ3n) is 3.84. The van der Waals surface area contributed by atoms with Crippen molar-refractivity contribution in [1.82, 2.24) is 0 Å². The summed E-state index contributed by atoms with van der Waals surface area (Å²) >= 11 is 0. The molecule has 86 valence electrons. The fourth-order valence-electron chi connectivity index (χ4n) is 2.39. The molecule has 0 saturated heterocycles. The zero-order chi connectivity index (χ0) is 11.3. The van der Waals surface area contributed by atoms with Crippen LogP contribution in [-0.2, 0) is 0 Å². The van der Waals surface area contributed by atoms with Gasteiger partial charge >= 0.3 is 0 Å². The van der Waals surface area contributed by atoms with E-state index in [0.717, 1.165) is 24.7 Å². The van der Waals surface area contributed by atoms with Crippen LogP contribution in [0.3, 0.4) is 0 Å². The lowest BCUT2D eigenvalue weighted by Gasteiger charge is -2.08. The highest BCUT2D eigenvalue weighted by Gasteiger charge is 2.46. The van der Waals surface area contributed by atoms with Gasteiger partial charge in [0.25, 0.3) is 0 Å². The summed E-state index contributed by atoms with van der Waals surface area (Å²) in [7, 11) is 0. The number of benzene rings is 2. The lowest BCUT2D eigenvalue weighted by Crippen LogP contribution is -2.17. The molecule has 2 aliphatic rings. The Kier molecular flexibility index (Phi) is 1.74. The predicted molar refractivity (Wildman–Crippen MR) is 66.6 cm³/mol. The van der Waals surface area contributed by atoms with Crippen LogP contribution < -0.4 is 9.47 Å². The quantitative estimate of drug-likeness (QED) is 0.685. The van der Waals surface area contributed by atoms with Gasteiger partial charge in [-0.05, 0) is 35.7 Å². The van der Waals surface area contributed by atoms with E-state index < -0.39 is 0 Å². The Morgan fingerprint density at radius 3 is 1.82 bits per heavy atom. The molecule has 0 N–H and O–H groups in total. The lowest BCUT2D eigenvalue weighted by atomic mass is 10.1. The second-order valence-corrected chi connectivity index (χ2v) is 5.22. The Balaban J connectivity index is 1.82. The molecule has 2 aromatic rings. The van der Waals surface area contributed by atoms with Crippen molar-refractivity contribution >= 4 is 10.8 Å². The molecule has 1 heterocycles. The minimum Gasteiger partial charge on any atom is -0.489 e. The monoisotopic (exact) mass is 226 g/mol. The van der Waals surface area contributed by atoms with Gasteiger partial charge in [0.05, 0.1) is 13.2 Å². The third kappa shape index (κ3) is 1.47. The first kappa shape index (κ1) is 9.34. The third-order valence-corrected chi connectivity index (χ3v) is 3.84. The standard InChI is InChI=1S/C15H14O2/c1-2-4-12-8-14-13(7-11(12)3-1)16-9-15(5-6-15)10-17-14/h1-4,7-8H,5-6,9-10H2.